The van der Waals surface area contributed by atoms with Crippen molar-refractivity contribution < 1.29 is 4.74 Å². The number of ether oxygens (including phenoxy) is 1. The predicted octanol–water partition coefficient (Wildman–Crippen LogP) is 3.75. The maximum absolute atomic E-state index is 4.87. The Balaban J connectivity index is 1.93. The van der Waals surface area contributed by atoms with Crippen molar-refractivity contribution in [1.82, 2.24) is 0 Å². The lowest BCUT2D eigenvalue weighted by Gasteiger charge is -1.96. The first-order valence-corrected chi connectivity index (χ1v) is 5.56. The first kappa shape index (κ1) is 10.6. The van der Waals surface area contributed by atoms with Crippen LogP contribution >= 0.6 is 0 Å². The van der Waals surface area contributed by atoms with Crippen LogP contribution in [0.25, 0.3) is 0 Å². The minimum atomic E-state index is 0.975. The van der Waals surface area contributed by atoms with Gasteiger partial charge in [-0.2, -0.15) is 0 Å². The third-order valence-corrected chi connectivity index (χ3v) is 2.92. The van der Waals surface area contributed by atoms with Gasteiger partial charge < -0.3 is 4.74 Å². The number of methoxy groups -OCH3 is 1. The summed E-state index contributed by atoms with van der Waals surface area (Å²) < 4.78 is 4.87. The van der Waals surface area contributed by atoms with Crippen molar-refractivity contribution >= 4 is 0 Å². The molecule has 0 aromatic carbocycles. The summed E-state index contributed by atoms with van der Waals surface area (Å²) in [6, 6.07) is 0. The summed E-state index contributed by atoms with van der Waals surface area (Å²) >= 11 is 0. The second-order valence-corrected chi connectivity index (χ2v) is 4.09. The van der Waals surface area contributed by atoms with Crippen molar-refractivity contribution in [2.24, 2.45) is 11.8 Å². The molecule has 0 aromatic heterocycles. The standard InChI is InChI=1S/C12H22O/c1-3-4-5-7-11-10-12(11)8-6-9-13-2/h6,9,11-12H,3-5,7-8,10H2,1-2H3/b9-6+. The minimum absolute atomic E-state index is 0.975. The summed E-state index contributed by atoms with van der Waals surface area (Å²) in [5.74, 6) is 2.01. The summed E-state index contributed by atoms with van der Waals surface area (Å²) in [5, 5.41) is 0. The van der Waals surface area contributed by atoms with Crippen LogP contribution in [0.15, 0.2) is 12.3 Å². The number of hydrogen-bond acceptors (Lipinski definition) is 1. The highest BCUT2D eigenvalue weighted by Gasteiger charge is 2.34. The van der Waals surface area contributed by atoms with E-state index in [9.17, 15) is 0 Å². The van der Waals surface area contributed by atoms with Crippen molar-refractivity contribution in [2.75, 3.05) is 7.11 Å². The van der Waals surface area contributed by atoms with Gasteiger partial charge in [0.2, 0.25) is 0 Å². The molecule has 2 unspecified atom stereocenters. The molecule has 0 aliphatic heterocycles. The van der Waals surface area contributed by atoms with Gasteiger partial charge in [0, 0.05) is 0 Å². The van der Waals surface area contributed by atoms with E-state index in [1.165, 1.54) is 38.5 Å². The Hall–Kier alpha value is -0.460. The maximum Gasteiger partial charge on any atom is 0.0784 e. The first-order valence-electron chi connectivity index (χ1n) is 5.56. The van der Waals surface area contributed by atoms with Gasteiger partial charge in [0.1, 0.15) is 0 Å². The zero-order valence-corrected chi connectivity index (χ0v) is 8.96. The molecular weight excluding hydrogens is 160 g/mol. The number of unbranched alkanes of at least 4 members (excludes halogenated alkanes) is 2. The van der Waals surface area contributed by atoms with Gasteiger partial charge in [-0.25, -0.2) is 0 Å². The van der Waals surface area contributed by atoms with Gasteiger partial charge in [0.15, 0.2) is 0 Å². The highest BCUT2D eigenvalue weighted by atomic mass is 16.5. The molecule has 1 heteroatoms. The topological polar surface area (TPSA) is 9.23 Å². The maximum atomic E-state index is 4.87. The molecule has 0 saturated heterocycles. The van der Waals surface area contributed by atoms with Crippen molar-refractivity contribution in [3.05, 3.63) is 12.3 Å². The molecule has 0 amide bonds. The Bertz CT molecular complexity index is 151. The lowest BCUT2D eigenvalue weighted by Crippen LogP contribution is -1.82. The van der Waals surface area contributed by atoms with Gasteiger partial charge in [-0.1, -0.05) is 32.6 Å². The summed E-state index contributed by atoms with van der Waals surface area (Å²) in [6.45, 7) is 2.27. The Labute approximate surface area is 82.2 Å². The number of rotatable bonds is 7. The van der Waals surface area contributed by atoms with E-state index in [-0.39, 0.29) is 0 Å². The van der Waals surface area contributed by atoms with E-state index in [1.54, 1.807) is 13.4 Å². The molecule has 0 aromatic rings. The van der Waals surface area contributed by atoms with Gasteiger partial charge >= 0.3 is 0 Å². The molecule has 1 aliphatic carbocycles. The fourth-order valence-electron chi connectivity index (χ4n) is 1.94. The predicted molar refractivity (Wildman–Crippen MR) is 56.5 cm³/mol. The van der Waals surface area contributed by atoms with Crippen LogP contribution in [-0.2, 0) is 4.74 Å². The van der Waals surface area contributed by atoms with E-state index in [4.69, 9.17) is 4.74 Å². The molecule has 1 aliphatic rings. The summed E-state index contributed by atoms with van der Waals surface area (Å²) in [4.78, 5) is 0. The van der Waals surface area contributed by atoms with E-state index in [0.29, 0.717) is 0 Å². The molecule has 0 N–H and O–H groups in total. The van der Waals surface area contributed by atoms with Crippen LogP contribution in [0.1, 0.15) is 45.4 Å². The molecule has 0 radical (unpaired) electrons. The largest absolute Gasteiger partial charge is 0.505 e. The van der Waals surface area contributed by atoms with Crippen LogP contribution in [0.5, 0.6) is 0 Å². The molecule has 1 fully saturated rings. The Morgan fingerprint density at radius 3 is 2.85 bits per heavy atom. The summed E-state index contributed by atoms with van der Waals surface area (Å²) in [5.41, 5.74) is 0. The van der Waals surface area contributed by atoms with Crippen LogP contribution in [0.4, 0.5) is 0 Å². The van der Waals surface area contributed by atoms with E-state index < -0.39 is 0 Å². The van der Waals surface area contributed by atoms with Crippen molar-refractivity contribution in [3.8, 4) is 0 Å². The molecule has 1 nitrogen and oxygen atoms in total. The lowest BCUT2D eigenvalue weighted by atomic mass is 10.1. The Morgan fingerprint density at radius 2 is 2.15 bits per heavy atom. The van der Waals surface area contributed by atoms with Crippen molar-refractivity contribution in [3.63, 3.8) is 0 Å². The van der Waals surface area contributed by atoms with Crippen molar-refractivity contribution in [2.45, 2.75) is 45.4 Å². The zero-order chi connectivity index (χ0) is 9.52. The third-order valence-electron chi connectivity index (χ3n) is 2.92. The van der Waals surface area contributed by atoms with Gasteiger partial charge in [-0.15, -0.1) is 0 Å². The average Bonchev–Trinajstić information content (AvgIpc) is 2.85. The summed E-state index contributed by atoms with van der Waals surface area (Å²) in [7, 11) is 1.71. The number of allylic oxidation sites excluding steroid dienone is 1. The highest BCUT2D eigenvalue weighted by Crippen LogP contribution is 2.44. The van der Waals surface area contributed by atoms with E-state index in [1.807, 2.05) is 0 Å². The van der Waals surface area contributed by atoms with Crippen LogP contribution in [0, 0.1) is 11.8 Å². The third kappa shape index (κ3) is 4.35. The second-order valence-electron chi connectivity index (χ2n) is 4.09. The Kier molecular flexibility index (Phi) is 4.95. The smallest absolute Gasteiger partial charge is 0.0784 e. The van der Waals surface area contributed by atoms with Crippen LogP contribution in [0.3, 0.4) is 0 Å². The molecule has 0 bridgehead atoms. The lowest BCUT2D eigenvalue weighted by molar-refractivity contribution is 0.336. The molecule has 0 heterocycles. The molecule has 0 spiro atoms. The summed E-state index contributed by atoms with van der Waals surface area (Å²) in [6.07, 6.45) is 12.3. The number of hydrogen-bond donors (Lipinski definition) is 0. The van der Waals surface area contributed by atoms with E-state index >= 15 is 0 Å². The van der Waals surface area contributed by atoms with Crippen LogP contribution < -0.4 is 0 Å². The van der Waals surface area contributed by atoms with Crippen molar-refractivity contribution in [1.29, 1.82) is 0 Å². The van der Waals surface area contributed by atoms with Gasteiger partial charge in [0.05, 0.1) is 13.4 Å². The Morgan fingerprint density at radius 1 is 1.31 bits per heavy atom. The highest BCUT2D eigenvalue weighted by molar-refractivity contribution is 4.91. The minimum Gasteiger partial charge on any atom is -0.505 e. The van der Waals surface area contributed by atoms with Gasteiger partial charge in [-0.3, -0.25) is 0 Å². The molecule has 2 atom stereocenters. The van der Waals surface area contributed by atoms with Crippen LogP contribution in [-0.4, -0.2) is 7.11 Å². The van der Waals surface area contributed by atoms with E-state index in [2.05, 4.69) is 13.0 Å². The van der Waals surface area contributed by atoms with E-state index in [0.717, 1.165) is 11.8 Å². The quantitative estimate of drug-likeness (QED) is 0.430. The molecule has 1 saturated carbocycles. The van der Waals surface area contributed by atoms with Crippen LogP contribution in [0.2, 0.25) is 0 Å². The SMILES string of the molecule is CCCCCC1CC1C/C=C/OC. The normalized spacial score (nSPS) is 26.6. The zero-order valence-electron chi connectivity index (χ0n) is 8.96. The van der Waals surface area contributed by atoms with Gasteiger partial charge in [-0.05, 0) is 30.8 Å². The fraction of sp³-hybridized carbons (Fsp3) is 0.833. The molecule has 1 rings (SSSR count). The first-order chi connectivity index (χ1) is 6.38. The second kappa shape index (κ2) is 6.06. The average molecular weight is 182 g/mol. The monoisotopic (exact) mass is 182 g/mol. The molecule has 76 valence electrons. The fourth-order valence-corrected chi connectivity index (χ4v) is 1.94. The molecular formula is C12H22O. The van der Waals surface area contributed by atoms with Gasteiger partial charge in [0.25, 0.3) is 0 Å². The molecule has 13 heavy (non-hydrogen) atoms.